The lowest BCUT2D eigenvalue weighted by Crippen LogP contribution is -2.14. The molecule has 80 valence electrons. The largest absolute Gasteiger partial charge is 0.318 e. The van der Waals surface area contributed by atoms with E-state index < -0.39 is 17.5 Å². The fourth-order valence-electron chi connectivity index (χ4n) is 1.08. The van der Waals surface area contributed by atoms with E-state index in [1.54, 1.807) is 13.0 Å². The average molecular weight is 212 g/mol. The number of anilines is 1. The molecular weight excluding hydrogens is 203 g/mol. The van der Waals surface area contributed by atoms with E-state index in [0.29, 0.717) is 5.56 Å². The SMILES string of the molecule is Cc1ccc(NC(=O)CF)c([N+](=O)[O-])c1. The van der Waals surface area contributed by atoms with Crippen LogP contribution < -0.4 is 5.32 Å². The topological polar surface area (TPSA) is 72.2 Å². The van der Waals surface area contributed by atoms with Crippen LogP contribution in [0.2, 0.25) is 0 Å². The quantitative estimate of drug-likeness (QED) is 0.613. The van der Waals surface area contributed by atoms with Crippen LogP contribution in [0, 0.1) is 17.0 Å². The lowest BCUT2D eigenvalue weighted by Gasteiger charge is -2.04. The summed E-state index contributed by atoms with van der Waals surface area (Å²) in [5, 5.41) is 12.7. The monoisotopic (exact) mass is 212 g/mol. The van der Waals surface area contributed by atoms with Crippen LogP contribution in [-0.2, 0) is 4.79 Å². The molecule has 0 bridgehead atoms. The Balaban J connectivity index is 3.06. The summed E-state index contributed by atoms with van der Waals surface area (Å²) in [4.78, 5) is 20.7. The van der Waals surface area contributed by atoms with E-state index in [0.717, 1.165) is 0 Å². The van der Waals surface area contributed by atoms with Crippen molar-refractivity contribution in [2.75, 3.05) is 12.0 Å². The van der Waals surface area contributed by atoms with Crippen LogP contribution in [0.3, 0.4) is 0 Å². The molecule has 0 radical (unpaired) electrons. The Morgan fingerprint density at radius 2 is 2.27 bits per heavy atom. The Morgan fingerprint density at radius 1 is 1.60 bits per heavy atom. The number of hydrogen-bond acceptors (Lipinski definition) is 3. The third-order valence-electron chi connectivity index (χ3n) is 1.75. The van der Waals surface area contributed by atoms with Crippen LogP contribution in [0.5, 0.6) is 0 Å². The summed E-state index contributed by atoms with van der Waals surface area (Å²) in [5.74, 6) is -0.901. The summed E-state index contributed by atoms with van der Waals surface area (Å²) in [6, 6.07) is 4.29. The lowest BCUT2D eigenvalue weighted by molar-refractivity contribution is -0.384. The summed E-state index contributed by atoms with van der Waals surface area (Å²) in [7, 11) is 0. The second-order valence-corrected chi connectivity index (χ2v) is 2.96. The number of hydrogen-bond donors (Lipinski definition) is 1. The molecule has 0 fully saturated rings. The lowest BCUT2D eigenvalue weighted by atomic mass is 10.2. The highest BCUT2D eigenvalue weighted by atomic mass is 19.1. The van der Waals surface area contributed by atoms with Gasteiger partial charge in [0.2, 0.25) is 0 Å². The second kappa shape index (κ2) is 4.50. The highest BCUT2D eigenvalue weighted by Crippen LogP contribution is 2.25. The van der Waals surface area contributed by atoms with Gasteiger partial charge in [-0.15, -0.1) is 0 Å². The molecule has 0 saturated carbocycles. The van der Waals surface area contributed by atoms with Gasteiger partial charge < -0.3 is 5.32 Å². The number of amides is 1. The first-order valence-electron chi connectivity index (χ1n) is 4.15. The van der Waals surface area contributed by atoms with E-state index in [2.05, 4.69) is 5.32 Å². The van der Waals surface area contributed by atoms with Gasteiger partial charge in [0.25, 0.3) is 11.6 Å². The predicted molar refractivity (Wildman–Crippen MR) is 52.4 cm³/mol. The minimum absolute atomic E-state index is 0.00764. The van der Waals surface area contributed by atoms with Crippen molar-refractivity contribution in [1.82, 2.24) is 0 Å². The molecule has 6 heteroatoms. The molecule has 15 heavy (non-hydrogen) atoms. The third-order valence-corrected chi connectivity index (χ3v) is 1.75. The molecule has 1 aromatic carbocycles. The first-order chi connectivity index (χ1) is 7.04. The molecule has 1 N–H and O–H groups in total. The summed E-state index contributed by atoms with van der Waals surface area (Å²) in [5.41, 5.74) is 0.463. The van der Waals surface area contributed by atoms with Crippen LogP contribution in [-0.4, -0.2) is 17.5 Å². The Kier molecular flexibility index (Phi) is 3.33. The number of nitro groups is 1. The molecule has 0 aliphatic carbocycles. The maximum Gasteiger partial charge on any atom is 0.293 e. The third kappa shape index (κ3) is 2.73. The summed E-state index contributed by atoms with van der Waals surface area (Å²) in [6.45, 7) is 0.485. The number of nitrogens with one attached hydrogen (secondary N) is 1. The zero-order chi connectivity index (χ0) is 11.4. The maximum absolute atomic E-state index is 11.9. The Bertz CT molecular complexity index is 406. The highest BCUT2D eigenvalue weighted by molar-refractivity contribution is 5.93. The van der Waals surface area contributed by atoms with E-state index in [-0.39, 0.29) is 11.4 Å². The second-order valence-electron chi connectivity index (χ2n) is 2.96. The highest BCUT2D eigenvalue weighted by Gasteiger charge is 2.15. The van der Waals surface area contributed by atoms with Crippen molar-refractivity contribution in [3.8, 4) is 0 Å². The summed E-state index contributed by atoms with van der Waals surface area (Å²) < 4.78 is 11.9. The Morgan fingerprint density at radius 3 is 2.80 bits per heavy atom. The minimum Gasteiger partial charge on any atom is -0.318 e. The van der Waals surface area contributed by atoms with E-state index >= 15 is 0 Å². The van der Waals surface area contributed by atoms with Gasteiger partial charge in [-0.05, 0) is 18.6 Å². The number of alkyl halides is 1. The van der Waals surface area contributed by atoms with E-state index in [1.807, 2.05) is 0 Å². The Labute approximate surface area is 85.1 Å². The zero-order valence-electron chi connectivity index (χ0n) is 7.99. The molecule has 1 rings (SSSR count). The number of nitrogens with zero attached hydrogens (tertiary/aromatic N) is 1. The van der Waals surface area contributed by atoms with Gasteiger partial charge in [-0.25, -0.2) is 4.39 Å². The van der Waals surface area contributed by atoms with Crippen molar-refractivity contribution in [3.63, 3.8) is 0 Å². The normalized spacial score (nSPS) is 9.73. The van der Waals surface area contributed by atoms with Crippen molar-refractivity contribution in [2.24, 2.45) is 0 Å². The standard InChI is InChI=1S/C9H9FN2O3/c1-6-2-3-7(11-9(13)5-10)8(4-6)12(14)15/h2-4H,5H2,1H3,(H,11,13). The van der Waals surface area contributed by atoms with Crippen molar-refractivity contribution < 1.29 is 14.1 Å². The van der Waals surface area contributed by atoms with Gasteiger partial charge in [0.05, 0.1) is 4.92 Å². The van der Waals surface area contributed by atoms with Crippen LogP contribution in [0.25, 0.3) is 0 Å². The smallest absolute Gasteiger partial charge is 0.293 e. The fourth-order valence-corrected chi connectivity index (χ4v) is 1.08. The molecule has 1 aromatic rings. The maximum atomic E-state index is 11.9. The molecule has 0 unspecified atom stereocenters. The molecule has 5 nitrogen and oxygen atoms in total. The number of halogens is 1. The molecule has 0 spiro atoms. The van der Waals surface area contributed by atoms with Crippen LogP contribution in [0.1, 0.15) is 5.56 Å². The molecule has 0 aromatic heterocycles. The average Bonchev–Trinajstić information content (AvgIpc) is 2.20. The van der Waals surface area contributed by atoms with Gasteiger partial charge in [0.15, 0.2) is 6.67 Å². The molecule has 0 aliphatic heterocycles. The molecule has 0 atom stereocenters. The Hall–Kier alpha value is -1.98. The van der Waals surface area contributed by atoms with E-state index in [4.69, 9.17) is 0 Å². The van der Waals surface area contributed by atoms with Crippen molar-refractivity contribution in [2.45, 2.75) is 6.92 Å². The van der Waals surface area contributed by atoms with Crippen molar-refractivity contribution in [3.05, 3.63) is 33.9 Å². The molecular formula is C9H9FN2O3. The molecule has 0 heterocycles. The summed E-state index contributed by atoms with van der Waals surface area (Å²) >= 11 is 0. The van der Waals surface area contributed by atoms with E-state index in [9.17, 15) is 19.3 Å². The molecule has 1 amide bonds. The number of rotatable bonds is 3. The van der Waals surface area contributed by atoms with Gasteiger partial charge in [0, 0.05) is 6.07 Å². The number of benzene rings is 1. The number of nitro benzene ring substituents is 1. The van der Waals surface area contributed by atoms with Gasteiger partial charge in [0.1, 0.15) is 5.69 Å². The molecule has 0 aliphatic rings. The van der Waals surface area contributed by atoms with Gasteiger partial charge in [-0.3, -0.25) is 14.9 Å². The fraction of sp³-hybridized carbons (Fsp3) is 0.222. The first-order valence-corrected chi connectivity index (χ1v) is 4.15. The zero-order valence-corrected chi connectivity index (χ0v) is 7.99. The number of aryl methyl sites for hydroxylation is 1. The molecule has 0 saturated heterocycles. The predicted octanol–water partition coefficient (Wildman–Crippen LogP) is 1.81. The number of carbonyl (C=O) groups excluding carboxylic acids is 1. The van der Waals surface area contributed by atoms with E-state index in [1.165, 1.54) is 12.1 Å². The van der Waals surface area contributed by atoms with Crippen molar-refractivity contribution >= 4 is 17.3 Å². The number of carbonyl (C=O) groups is 1. The van der Waals surface area contributed by atoms with Gasteiger partial charge in [-0.1, -0.05) is 6.07 Å². The van der Waals surface area contributed by atoms with Crippen LogP contribution in [0.4, 0.5) is 15.8 Å². The van der Waals surface area contributed by atoms with Crippen LogP contribution in [0.15, 0.2) is 18.2 Å². The van der Waals surface area contributed by atoms with Gasteiger partial charge in [-0.2, -0.15) is 0 Å². The van der Waals surface area contributed by atoms with Crippen molar-refractivity contribution in [1.29, 1.82) is 0 Å². The first kappa shape index (κ1) is 11.1. The van der Waals surface area contributed by atoms with Gasteiger partial charge >= 0.3 is 0 Å². The minimum atomic E-state index is -1.20. The summed E-state index contributed by atoms with van der Waals surface area (Å²) in [6.07, 6.45) is 0. The van der Waals surface area contributed by atoms with Crippen LogP contribution >= 0.6 is 0 Å².